The molecule has 1 rings (SSSR count). The third-order valence-electron chi connectivity index (χ3n) is 2.16. The van der Waals surface area contributed by atoms with Crippen LogP contribution in [-0.4, -0.2) is 17.6 Å². The van der Waals surface area contributed by atoms with Gasteiger partial charge in [-0.3, -0.25) is 10.1 Å². The first-order valence-corrected chi connectivity index (χ1v) is 5.74. The monoisotopic (exact) mass is 257 g/mol. The number of hydrogen-bond acceptors (Lipinski definition) is 6. The Kier molecular flexibility index (Phi) is 4.34. The van der Waals surface area contributed by atoms with Gasteiger partial charge in [0.2, 0.25) is 0 Å². The molecule has 6 heteroatoms. The van der Waals surface area contributed by atoms with Crippen molar-refractivity contribution >= 4 is 5.97 Å². The lowest BCUT2D eigenvalue weighted by Crippen LogP contribution is -2.38. The Hall–Kier alpha value is -1.56. The predicted molar refractivity (Wildman–Crippen MR) is 64.1 cm³/mol. The Morgan fingerprint density at radius 3 is 2.44 bits per heavy atom. The minimum atomic E-state index is -0.741. The van der Waals surface area contributed by atoms with Crippen LogP contribution in [0.2, 0.25) is 0 Å². The molecule has 0 amide bonds. The van der Waals surface area contributed by atoms with Gasteiger partial charge in [0.25, 0.3) is 0 Å². The van der Waals surface area contributed by atoms with Gasteiger partial charge in [-0.25, -0.2) is 4.79 Å². The molecule has 18 heavy (non-hydrogen) atoms. The predicted octanol–water partition coefficient (Wildman–Crippen LogP) is 1.36. The number of aryl methyl sites for hydroxylation is 1. The Balaban J connectivity index is 2.51. The molecule has 0 aliphatic rings. The second-order valence-corrected chi connectivity index (χ2v) is 5.07. The van der Waals surface area contributed by atoms with E-state index in [2.05, 4.69) is 5.32 Å². The molecule has 1 heterocycles. The van der Waals surface area contributed by atoms with E-state index in [1.807, 2.05) is 0 Å². The van der Waals surface area contributed by atoms with Crippen molar-refractivity contribution in [2.45, 2.75) is 52.8 Å². The van der Waals surface area contributed by atoms with Crippen LogP contribution in [0.4, 0.5) is 0 Å². The molecule has 102 valence electrons. The first-order chi connectivity index (χ1) is 8.19. The second kappa shape index (κ2) is 5.39. The largest absolute Gasteiger partial charge is 0.519 e. The molecule has 0 bridgehead atoms. The number of esters is 1. The summed E-state index contributed by atoms with van der Waals surface area (Å²) in [6.07, 6.45) is 0. The van der Waals surface area contributed by atoms with Crippen molar-refractivity contribution in [1.82, 2.24) is 5.32 Å². The fourth-order valence-electron chi connectivity index (χ4n) is 1.26. The first-order valence-electron chi connectivity index (χ1n) is 5.74. The smallest absolute Gasteiger partial charge is 0.459 e. The van der Waals surface area contributed by atoms with Gasteiger partial charge in [-0.1, -0.05) is 0 Å². The molecule has 1 N–H and O–H groups in total. The van der Waals surface area contributed by atoms with E-state index in [1.54, 1.807) is 34.6 Å². The van der Waals surface area contributed by atoms with Crippen molar-refractivity contribution in [2.24, 2.45) is 0 Å². The molecular formula is C12H19NO5. The number of carbonyl (C=O) groups excluding carboxylic acids is 1. The maximum Gasteiger partial charge on any atom is 0.519 e. The van der Waals surface area contributed by atoms with E-state index >= 15 is 0 Å². The quantitative estimate of drug-likeness (QED) is 0.820. The molecule has 6 nitrogen and oxygen atoms in total. The standard InChI is InChI=1S/C12H19NO5/c1-7(10(14)18-12(3,4)5)13-6-9-8(2)16-11(15)17-9/h7,13H,6H2,1-5H3/t7-/m0/s1. The highest BCUT2D eigenvalue weighted by Gasteiger charge is 2.22. The fraction of sp³-hybridized carbons (Fsp3) is 0.667. The van der Waals surface area contributed by atoms with Crippen LogP contribution >= 0.6 is 0 Å². The van der Waals surface area contributed by atoms with Crippen LogP contribution in [0, 0.1) is 6.92 Å². The van der Waals surface area contributed by atoms with Crippen LogP contribution in [0.3, 0.4) is 0 Å². The Labute approximate surface area is 105 Å². The highest BCUT2D eigenvalue weighted by atomic mass is 16.6. The highest BCUT2D eigenvalue weighted by molar-refractivity contribution is 5.75. The molecule has 0 aliphatic heterocycles. The molecule has 0 aliphatic carbocycles. The van der Waals surface area contributed by atoms with Crippen molar-refractivity contribution in [3.63, 3.8) is 0 Å². The zero-order valence-electron chi connectivity index (χ0n) is 11.3. The van der Waals surface area contributed by atoms with Crippen molar-refractivity contribution in [3.8, 4) is 0 Å². The van der Waals surface area contributed by atoms with E-state index in [0.717, 1.165) is 0 Å². The van der Waals surface area contributed by atoms with Gasteiger partial charge >= 0.3 is 11.8 Å². The van der Waals surface area contributed by atoms with E-state index in [1.165, 1.54) is 0 Å². The molecule has 0 spiro atoms. The van der Waals surface area contributed by atoms with Gasteiger partial charge in [0.1, 0.15) is 17.4 Å². The van der Waals surface area contributed by atoms with Crippen molar-refractivity contribution in [3.05, 3.63) is 22.1 Å². The van der Waals surface area contributed by atoms with Crippen molar-refractivity contribution in [2.75, 3.05) is 0 Å². The van der Waals surface area contributed by atoms with Crippen LogP contribution in [0.5, 0.6) is 0 Å². The lowest BCUT2D eigenvalue weighted by atomic mass is 10.2. The molecule has 0 unspecified atom stereocenters. The number of hydrogen-bond donors (Lipinski definition) is 1. The zero-order chi connectivity index (χ0) is 13.9. The average molecular weight is 257 g/mol. The summed E-state index contributed by atoms with van der Waals surface area (Å²) >= 11 is 0. The van der Waals surface area contributed by atoms with Crippen LogP contribution in [0.1, 0.15) is 39.2 Å². The van der Waals surface area contributed by atoms with Crippen LogP contribution in [-0.2, 0) is 16.1 Å². The van der Waals surface area contributed by atoms with E-state index in [9.17, 15) is 9.59 Å². The van der Waals surface area contributed by atoms with E-state index in [4.69, 9.17) is 13.6 Å². The first kappa shape index (κ1) is 14.5. The summed E-state index contributed by atoms with van der Waals surface area (Å²) < 4.78 is 14.7. The van der Waals surface area contributed by atoms with Crippen LogP contribution < -0.4 is 11.1 Å². The van der Waals surface area contributed by atoms with Crippen LogP contribution in [0.25, 0.3) is 0 Å². The molecule has 0 fully saturated rings. The minimum Gasteiger partial charge on any atom is -0.459 e. The molecule has 0 aromatic carbocycles. The molecule has 0 saturated heterocycles. The molecule has 1 aromatic heterocycles. The third kappa shape index (κ3) is 4.37. The van der Waals surface area contributed by atoms with E-state index in [0.29, 0.717) is 11.5 Å². The van der Waals surface area contributed by atoms with Gasteiger partial charge in [0, 0.05) is 0 Å². The molecule has 0 radical (unpaired) electrons. The third-order valence-corrected chi connectivity index (χ3v) is 2.16. The fourth-order valence-corrected chi connectivity index (χ4v) is 1.26. The summed E-state index contributed by atoms with van der Waals surface area (Å²) in [4.78, 5) is 22.5. The Bertz CT molecular complexity index is 466. The summed E-state index contributed by atoms with van der Waals surface area (Å²) in [5.74, 6) is -0.306. The van der Waals surface area contributed by atoms with E-state index in [-0.39, 0.29) is 12.5 Å². The van der Waals surface area contributed by atoms with Gasteiger partial charge in [-0.2, -0.15) is 0 Å². The molecule has 1 atom stereocenters. The van der Waals surface area contributed by atoms with Crippen LogP contribution in [0.15, 0.2) is 13.6 Å². The number of carbonyl (C=O) groups is 1. The lowest BCUT2D eigenvalue weighted by molar-refractivity contribution is -0.157. The number of nitrogens with one attached hydrogen (secondary N) is 1. The van der Waals surface area contributed by atoms with Gasteiger partial charge in [0.15, 0.2) is 5.76 Å². The normalized spacial score (nSPS) is 13.4. The van der Waals surface area contributed by atoms with Crippen molar-refractivity contribution in [1.29, 1.82) is 0 Å². The average Bonchev–Trinajstić information content (AvgIpc) is 2.51. The number of rotatable bonds is 4. The van der Waals surface area contributed by atoms with Gasteiger partial charge in [-0.15, -0.1) is 0 Å². The number of ether oxygens (including phenoxy) is 1. The maximum absolute atomic E-state index is 11.7. The Morgan fingerprint density at radius 2 is 2.00 bits per heavy atom. The summed E-state index contributed by atoms with van der Waals surface area (Å²) in [5, 5.41) is 2.91. The Morgan fingerprint density at radius 1 is 1.39 bits per heavy atom. The summed E-state index contributed by atoms with van der Waals surface area (Å²) in [7, 11) is 0. The SMILES string of the molecule is Cc1oc(=O)oc1CN[C@@H](C)C(=O)OC(C)(C)C. The zero-order valence-corrected chi connectivity index (χ0v) is 11.3. The lowest BCUT2D eigenvalue weighted by Gasteiger charge is -2.22. The highest BCUT2D eigenvalue weighted by Crippen LogP contribution is 2.09. The molecule has 1 aromatic rings. The second-order valence-electron chi connectivity index (χ2n) is 5.07. The van der Waals surface area contributed by atoms with Crippen molar-refractivity contribution < 1.29 is 18.4 Å². The van der Waals surface area contributed by atoms with Gasteiger partial charge in [-0.05, 0) is 34.6 Å². The van der Waals surface area contributed by atoms with E-state index < -0.39 is 17.5 Å². The maximum atomic E-state index is 11.7. The summed E-state index contributed by atoms with van der Waals surface area (Å²) in [6.45, 7) is 8.95. The minimum absolute atomic E-state index is 0.234. The summed E-state index contributed by atoms with van der Waals surface area (Å²) in [6, 6.07) is -0.496. The molecular weight excluding hydrogens is 238 g/mol. The molecule has 0 saturated carbocycles. The van der Waals surface area contributed by atoms with Gasteiger partial charge in [0.05, 0.1) is 6.54 Å². The summed E-state index contributed by atoms with van der Waals surface area (Å²) in [5.41, 5.74) is -0.523. The van der Waals surface area contributed by atoms with Gasteiger partial charge < -0.3 is 13.6 Å². The topological polar surface area (TPSA) is 81.7 Å².